The van der Waals surface area contributed by atoms with Crippen molar-refractivity contribution in [1.82, 2.24) is 10.3 Å². The lowest BCUT2D eigenvalue weighted by molar-refractivity contribution is 0.618. The van der Waals surface area contributed by atoms with Crippen molar-refractivity contribution in [3.8, 4) is 0 Å². The van der Waals surface area contributed by atoms with Gasteiger partial charge in [-0.15, -0.1) is 0 Å². The molecule has 0 bridgehead atoms. The molecule has 1 saturated heterocycles. The van der Waals surface area contributed by atoms with Crippen LogP contribution >= 0.6 is 23.1 Å². The molecule has 1 atom stereocenters. The first-order valence-corrected chi connectivity index (χ1v) is 11.3. The maximum absolute atomic E-state index is 4.78. The van der Waals surface area contributed by atoms with Crippen LogP contribution in [0.5, 0.6) is 0 Å². The number of nitrogens with one attached hydrogen (secondary N) is 2. The van der Waals surface area contributed by atoms with Gasteiger partial charge in [-0.25, -0.2) is 9.98 Å². The van der Waals surface area contributed by atoms with Crippen LogP contribution in [0, 0.1) is 0 Å². The van der Waals surface area contributed by atoms with Gasteiger partial charge in [0.1, 0.15) is 0 Å². The fraction of sp³-hybridized carbons (Fsp3) is 0.333. The van der Waals surface area contributed by atoms with Gasteiger partial charge in [-0.3, -0.25) is 0 Å². The average molecular weight is 397 g/mol. The minimum Gasteiger partial charge on any atom is -0.361 e. The second kappa shape index (κ2) is 8.76. The molecular weight excluding hydrogens is 372 g/mol. The van der Waals surface area contributed by atoms with E-state index in [4.69, 9.17) is 4.99 Å². The van der Waals surface area contributed by atoms with E-state index in [9.17, 15) is 0 Å². The zero-order chi connectivity index (χ0) is 18.5. The quantitative estimate of drug-likeness (QED) is 0.558. The molecule has 4 rings (SSSR count). The number of aliphatic imine (C=N–C) groups is 1. The number of hydrogen-bond acceptors (Lipinski definition) is 5. The molecule has 2 heterocycles. The van der Waals surface area contributed by atoms with Crippen molar-refractivity contribution in [3.63, 3.8) is 0 Å². The van der Waals surface area contributed by atoms with E-state index in [-0.39, 0.29) is 0 Å². The number of benzene rings is 2. The van der Waals surface area contributed by atoms with Crippen LogP contribution in [-0.2, 0) is 6.42 Å². The summed E-state index contributed by atoms with van der Waals surface area (Å²) < 4.78 is 1.22. The molecule has 1 aromatic heterocycles. The smallest absolute Gasteiger partial charge is 0.183 e. The zero-order valence-corrected chi connectivity index (χ0v) is 17.1. The Balaban J connectivity index is 1.34. The molecule has 0 saturated carbocycles. The molecule has 1 aliphatic heterocycles. The summed E-state index contributed by atoms with van der Waals surface area (Å²) in [6.07, 6.45) is 3.37. The largest absolute Gasteiger partial charge is 0.361 e. The van der Waals surface area contributed by atoms with Crippen LogP contribution in [0.4, 0.5) is 10.8 Å². The van der Waals surface area contributed by atoms with E-state index < -0.39 is 0 Å². The van der Waals surface area contributed by atoms with Gasteiger partial charge in [0.2, 0.25) is 0 Å². The third-order valence-electron chi connectivity index (χ3n) is 4.51. The summed E-state index contributed by atoms with van der Waals surface area (Å²) in [5.74, 6) is 1.12. The highest BCUT2D eigenvalue weighted by molar-refractivity contribution is 8.14. The van der Waals surface area contributed by atoms with Gasteiger partial charge in [0.05, 0.1) is 15.9 Å². The van der Waals surface area contributed by atoms with Crippen molar-refractivity contribution in [2.24, 2.45) is 4.99 Å². The Kier molecular flexibility index (Phi) is 5.94. The van der Waals surface area contributed by atoms with Crippen molar-refractivity contribution < 1.29 is 0 Å². The first kappa shape index (κ1) is 18.3. The summed E-state index contributed by atoms with van der Waals surface area (Å²) in [6.45, 7) is 3.10. The number of hydrogen-bond donors (Lipinski definition) is 2. The molecule has 140 valence electrons. The zero-order valence-electron chi connectivity index (χ0n) is 15.4. The predicted octanol–water partition coefficient (Wildman–Crippen LogP) is 5.44. The monoisotopic (exact) mass is 396 g/mol. The lowest BCUT2D eigenvalue weighted by atomic mass is 10.1. The molecule has 2 aromatic carbocycles. The van der Waals surface area contributed by atoms with Crippen LogP contribution in [0.15, 0.2) is 53.5 Å². The molecule has 4 nitrogen and oxygen atoms in total. The van der Waals surface area contributed by atoms with Gasteiger partial charge in [0, 0.05) is 18.3 Å². The fourth-order valence-corrected chi connectivity index (χ4v) is 5.09. The first-order chi connectivity index (χ1) is 13.3. The van der Waals surface area contributed by atoms with Crippen molar-refractivity contribution >= 4 is 49.3 Å². The topological polar surface area (TPSA) is 49.3 Å². The summed E-state index contributed by atoms with van der Waals surface area (Å²) in [4.78, 5) is 9.41. The molecule has 6 heteroatoms. The van der Waals surface area contributed by atoms with Gasteiger partial charge in [-0.1, -0.05) is 60.7 Å². The normalized spacial score (nSPS) is 18.1. The van der Waals surface area contributed by atoms with E-state index in [0.29, 0.717) is 6.04 Å². The second-order valence-corrected chi connectivity index (χ2v) is 8.73. The lowest BCUT2D eigenvalue weighted by Crippen LogP contribution is -2.26. The van der Waals surface area contributed by atoms with Crippen LogP contribution in [0.3, 0.4) is 0 Å². The summed E-state index contributed by atoms with van der Waals surface area (Å²) >= 11 is 3.53. The van der Waals surface area contributed by atoms with E-state index in [1.54, 1.807) is 11.3 Å². The Bertz CT molecular complexity index is 902. The van der Waals surface area contributed by atoms with E-state index in [0.717, 1.165) is 40.2 Å². The standard InChI is InChI=1S/C21H24N4S2/c1-2-6-17-14-26-21(24-17)23-16-8-5-7-15(13-16)11-12-22-20-25-18-9-3-4-10-19(18)27-20/h3-5,7-10,13,17H,2,6,11-12,14H2,1H3,(H,22,25)(H,23,24). The highest BCUT2D eigenvalue weighted by Gasteiger charge is 2.19. The minimum atomic E-state index is 0.569. The number of thiazole rings is 1. The molecule has 0 radical (unpaired) electrons. The lowest BCUT2D eigenvalue weighted by Gasteiger charge is -2.07. The van der Waals surface area contributed by atoms with Crippen LogP contribution in [0.25, 0.3) is 10.2 Å². The van der Waals surface area contributed by atoms with Gasteiger partial charge in [0.25, 0.3) is 0 Å². The maximum atomic E-state index is 4.78. The molecule has 2 N–H and O–H groups in total. The van der Waals surface area contributed by atoms with Gasteiger partial charge in [-0.05, 0) is 42.7 Å². The summed E-state index contributed by atoms with van der Waals surface area (Å²) in [5.41, 5.74) is 3.38. The number of nitrogens with zero attached hydrogens (tertiary/aromatic N) is 2. The van der Waals surface area contributed by atoms with Crippen molar-refractivity contribution in [2.45, 2.75) is 32.2 Å². The van der Waals surface area contributed by atoms with E-state index in [2.05, 4.69) is 65.0 Å². The molecule has 0 spiro atoms. The summed E-state index contributed by atoms with van der Waals surface area (Å²) in [6, 6.07) is 17.3. The van der Waals surface area contributed by atoms with Gasteiger partial charge in [-0.2, -0.15) is 0 Å². The third kappa shape index (κ3) is 4.82. The Morgan fingerprint density at radius 2 is 2.15 bits per heavy atom. The molecule has 1 unspecified atom stereocenters. The molecule has 0 aliphatic carbocycles. The summed E-state index contributed by atoms with van der Waals surface area (Å²) in [7, 11) is 0. The van der Waals surface area contributed by atoms with Gasteiger partial charge >= 0.3 is 0 Å². The molecular formula is C21H24N4S2. The van der Waals surface area contributed by atoms with Crippen LogP contribution in [0.2, 0.25) is 0 Å². The van der Waals surface area contributed by atoms with Crippen molar-refractivity contribution in [1.29, 1.82) is 0 Å². The highest BCUT2D eigenvalue weighted by atomic mass is 32.2. The highest BCUT2D eigenvalue weighted by Crippen LogP contribution is 2.25. The molecule has 27 heavy (non-hydrogen) atoms. The van der Waals surface area contributed by atoms with Gasteiger partial charge in [0.15, 0.2) is 10.3 Å². The fourth-order valence-electron chi connectivity index (χ4n) is 3.17. The van der Waals surface area contributed by atoms with Crippen LogP contribution < -0.4 is 10.6 Å². The van der Waals surface area contributed by atoms with Crippen LogP contribution in [-0.4, -0.2) is 28.5 Å². The van der Waals surface area contributed by atoms with Crippen LogP contribution in [0.1, 0.15) is 25.3 Å². The third-order valence-corrected chi connectivity index (χ3v) is 6.56. The SMILES string of the molecule is CCCC1CS/C(=N/c2cccc(CCNc3nc4ccccc4s3)c2)N1. The first-order valence-electron chi connectivity index (χ1n) is 9.46. The minimum absolute atomic E-state index is 0.569. The van der Waals surface area contributed by atoms with Crippen molar-refractivity contribution in [3.05, 3.63) is 54.1 Å². The molecule has 1 fully saturated rings. The Hall–Kier alpha value is -2.05. The summed E-state index contributed by atoms with van der Waals surface area (Å²) in [5, 5.41) is 9.02. The number of para-hydroxylation sites is 1. The van der Waals surface area contributed by atoms with Crippen molar-refractivity contribution in [2.75, 3.05) is 17.6 Å². The Morgan fingerprint density at radius 1 is 1.22 bits per heavy atom. The average Bonchev–Trinajstić information content (AvgIpc) is 3.28. The number of amidine groups is 1. The number of anilines is 1. The van der Waals surface area contributed by atoms with E-state index in [1.807, 2.05) is 17.8 Å². The van der Waals surface area contributed by atoms with E-state index in [1.165, 1.54) is 23.1 Å². The van der Waals surface area contributed by atoms with Gasteiger partial charge < -0.3 is 10.6 Å². The second-order valence-electron chi connectivity index (χ2n) is 6.69. The Morgan fingerprint density at radius 3 is 3.04 bits per heavy atom. The maximum Gasteiger partial charge on any atom is 0.183 e. The number of aromatic nitrogens is 1. The number of fused-ring (bicyclic) bond motifs is 1. The number of thioether (sulfide) groups is 1. The predicted molar refractivity (Wildman–Crippen MR) is 120 cm³/mol. The molecule has 3 aromatic rings. The molecule has 1 aliphatic rings. The molecule has 0 amide bonds. The Labute approximate surface area is 168 Å². The van der Waals surface area contributed by atoms with E-state index >= 15 is 0 Å². The number of rotatable bonds is 7.